The Labute approximate surface area is 104 Å². The first-order chi connectivity index (χ1) is 7.21. The van der Waals surface area contributed by atoms with Crippen molar-refractivity contribution in [2.75, 3.05) is 23.5 Å². The second-order valence-corrected chi connectivity index (χ2v) is 8.86. The second kappa shape index (κ2) is 5.27. The molecule has 16 heavy (non-hydrogen) atoms. The molecule has 1 N–H and O–H groups in total. The van der Waals surface area contributed by atoms with Crippen LogP contribution in [-0.2, 0) is 9.84 Å². The van der Waals surface area contributed by atoms with Gasteiger partial charge in [0.05, 0.1) is 5.75 Å². The SMILES string of the molecule is CC(CS(C)(=O)=O)NC1CSCCC1(C)C. The predicted molar refractivity (Wildman–Crippen MR) is 71.8 cm³/mol. The van der Waals surface area contributed by atoms with E-state index in [4.69, 9.17) is 0 Å². The normalized spacial score (nSPS) is 27.6. The quantitative estimate of drug-likeness (QED) is 0.837. The lowest BCUT2D eigenvalue weighted by Crippen LogP contribution is -2.51. The molecule has 0 aromatic heterocycles. The summed E-state index contributed by atoms with van der Waals surface area (Å²) >= 11 is 1.95. The monoisotopic (exact) mass is 265 g/mol. The van der Waals surface area contributed by atoms with E-state index in [1.165, 1.54) is 18.4 Å². The van der Waals surface area contributed by atoms with E-state index in [-0.39, 0.29) is 17.2 Å². The van der Waals surface area contributed by atoms with Gasteiger partial charge >= 0.3 is 0 Å². The number of rotatable bonds is 4. The minimum atomic E-state index is -2.88. The van der Waals surface area contributed by atoms with Crippen molar-refractivity contribution in [1.82, 2.24) is 5.32 Å². The fourth-order valence-corrected chi connectivity index (χ4v) is 4.68. The van der Waals surface area contributed by atoms with E-state index in [0.29, 0.717) is 6.04 Å². The number of hydrogen-bond acceptors (Lipinski definition) is 4. The van der Waals surface area contributed by atoms with Crippen LogP contribution in [0.3, 0.4) is 0 Å². The van der Waals surface area contributed by atoms with E-state index in [0.717, 1.165) is 5.75 Å². The smallest absolute Gasteiger partial charge is 0.148 e. The molecule has 1 saturated heterocycles. The summed E-state index contributed by atoms with van der Waals surface area (Å²) in [7, 11) is -2.88. The number of hydrogen-bond donors (Lipinski definition) is 1. The van der Waals surface area contributed by atoms with E-state index in [1.54, 1.807) is 0 Å². The third-order valence-electron chi connectivity index (χ3n) is 3.16. The first kappa shape index (κ1) is 14.3. The van der Waals surface area contributed by atoms with Gasteiger partial charge in [-0.25, -0.2) is 8.42 Å². The molecule has 0 aromatic carbocycles. The lowest BCUT2D eigenvalue weighted by Gasteiger charge is -2.40. The second-order valence-electron chi connectivity index (χ2n) is 5.53. The Morgan fingerprint density at radius 3 is 2.62 bits per heavy atom. The van der Waals surface area contributed by atoms with Crippen molar-refractivity contribution in [3.05, 3.63) is 0 Å². The topological polar surface area (TPSA) is 46.2 Å². The molecule has 1 aliphatic heterocycles. The van der Waals surface area contributed by atoms with Gasteiger partial charge in [0.15, 0.2) is 0 Å². The van der Waals surface area contributed by atoms with Crippen LogP contribution in [0.25, 0.3) is 0 Å². The summed E-state index contributed by atoms with van der Waals surface area (Å²) in [5.41, 5.74) is 0.275. The fourth-order valence-electron chi connectivity index (χ4n) is 2.06. The molecule has 96 valence electrons. The Morgan fingerprint density at radius 1 is 1.50 bits per heavy atom. The van der Waals surface area contributed by atoms with Crippen LogP contribution in [0.1, 0.15) is 27.2 Å². The summed E-state index contributed by atoms with van der Waals surface area (Å²) < 4.78 is 22.4. The number of thioether (sulfide) groups is 1. The van der Waals surface area contributed by atoms with Crippen LogP contribution in [0.5, 0.6) is 0 Å². The summed E-state index contributed by atoms with van der Waals surface area (Å²) in [5.74, 6) is 2.52. The van der Waals surface area contributed by atoms with E-state index in [2.05, 4.69) is 19.2 Å². The molecule has 0 amide bonds. The van der Waals surface area contributed by atoms with E-state index in [1.807, 2.05) is 18.7 Å². The summed E-state index contributed by atoms with van der Waals surface area (Å²) in [4.78, 5) is 0. The molecule has 0 aliphatic carbocycles. The molecule has 0 spiro atoms. The first-order valence-corrected chi connectivity index (χ1v) is 8.94. The van der Waals surface area contributed by atoms with Crippen LogP contribution >= 0.6 is 11.8 Å². The van der Waals surface area contributed by atoms with Crippen molar-refractivity contribution < 1.29 is 8.42 Å². The first-order valence-electron chi connectivity index (χ1n) is 5.72. The van der Waals surface area contributed by atoms with Gasteiger partial charge < -0.3 is 5.32 Å². The molecule has 1 fully saturated rings. The van der Waals surface area contributed by atoms with Crippen molar-refractivity contribution >= 4 is 21.6 Å². The van der Waals surface area contributed by atoms with Crippen molar-refractivity contribution in [3.8, 4) is 0 Å². The highest BCUT2D eigenvalue weighted by Crippen LogP contribution is 2.34. The zero-order valence-corrected chi connectivity index (χ0v) is 12.2. The summed E-state index contributed by atoms with van der Waals surface area (Å²) in [6.07, 6.45) is 2.49. The molecule has 0 saturated carbocycles. The van der Waals surface area contributed by atoms with E-state index >= 15 is 0 Å². The van der Waals surface area contributed by atoms with Crippen LogP contribution in [0.15, 0.2) is 0 Å². The van der Waals surface area contributed by atoms with Crippen LogP contribution in [0, 0.1) is 5.41 Å². The highest BCUT2D eigenvalue weighted by atomic mass is 32.2. The average Bonchev–Trinajstić information content (AvgIpc) is 2.05. The van der Waals surface area contributed by atoms with Gasteiger partial charge in [0.2, 0.25) is 0 Å². The lowest BCUT2D eigenvalue weighted by atomic mass is 9.82. The Morgan fingerprint density at radius 2 is 2.12 bits per heavy atom. The standard InChI is InChI=1S/C11H23NO2S2/c1-9(8-16(4,13)14)12-10-7-15-6-5-11(10,2)3/h9-10,12H,5-8H2,1-4H3. The summed E-state index contributed by atoms with van der Waals surface area (Å²) in [5, 5.41) is 3.47. The Bertz CT molecular complexity index is 325. The third kappa shape index (κ3) is 4.63. The third-order valence-corrected chi connectivity index (χ3v) is 5.32. The van der Waals surface area contributed by atoms with Gasteiger partial charge in [-0.2, -0.15) is 11.8 Å². The molecule has 5 heteroatoms. The molecule has 2 atom stereocenters. The molecular weight excluding hydrogens is 242 g/mol. The molecule has 1 rings (SSSR count). The predicted octanol–water partition coefficient (Wildman–Crippen LogP) is 1.54. The largest absolute Gasteiger partial charge is 0.309 e. The minimum Gasteiger partial charge on any atom is -0.309 e. The van der Waals surface area contributed by atoms with Crippen molar-refractivity contribution in [2.45, 2.75) is 39.3 Å². The summed E-state index contributed by atoms with van der Waals surface area (Å²) in [6, 6.07) is 0.459. The molecule has 0 radical (unpaired) electrons. The lowest BCUT2D eigenvalue weighted by molar-refractivity contribution is 0.235. The van der Waals surface area contributed by atoms with Crippen molar-refractivity contribution in [1.29, 1.82) is 0 Å². The molecule has 0 bridgehead atoms. The van der Waals surface area contributed by atoms with Gasteiger partial charge in [-0.1, -0.05) is 13.8 Å². The van der Waals surface area contributed by atoms with Crippen LogP contribution in [-0.4, -0.2) is 44.0 Å². The zero-order valence-electron chi connectivity index (χ0n) is 10.6. The minimum absolute atomic E-state index is 0.0398. The van der Waals surface area contributed by atoms with Crippen LogP contribution in [0.2, 0.25) is 0 Å². The number of sulfone groups is 1. The Balaban J connectivity index is 2.52. The maximum absolute atomic E-state index is 11.2. The molecule has 2 unspecified atom stereocenters. The van der Waals surface area contributed by atoms with Crippen molar-refractivity contribution in [2.24, 2.45) is 5.41 Å². The maximum Gasteiger partial charge on any atom is 0.148 e. The highest BCUT2D eigenvalue weighted by molar-refractivity contribution is 7.99. The fraction of sp³-hybridized carbons (Fsp3) is 1.00. The van der Waals surface area contributed by atoms with Gasteiger partial charge in [-0.3, -0.25) is 0 Å². The molecule has 1 heterocycles. The Kier molecular flexibility index (Phi) is 4.72. The molecular formula is C11H23NO2S2. The van der Waals surface area contributed by atoms with Gasteiger partial charge in [-0.15, -0.1) is 0 Å². The number of nitrogens with one attached hydrogen (secondary N) is 1. The van der Waals surface area contributed by atoms with Crippen LogP contribution < -0.4 is 5.32 Å². The molecule has 0 aromatic rings. The van der Waals surface area contributed by atoms with E-state index in [9.17, 15) is 8.42 Å². The summed E-state index contributed by atoms with van der Waals surface area (Å²) in [6.45, 7) is 6.48. The van der Waals surface area contributed by atoms with Gasteiger partial charge in [-0.05, 0) is 24.5 Å². The maximum atomic E-state index is 11.2. The van der Waals surface area contributed by atoms with Gasteiger partial charge in [0.25, 0.3) is 0 Å². The van der Waals surface area contributed by atoms with Gasteiger partial charge in [0.1, 0.15) is 9.84 Å². The molecule has 3 nitrogen and oxygen atoms in total. The average molecular weight is 265 g/mol. The van der Waals surface area contributed by atoms with Gasteiger partial charge in [0, 0.05) is 24.1 Å². The van der Waals surface area contributed by atoms with E-state index < -0.39 is 9.84 Å². The molecule has 1 aliphatic rings. The van der Waals surface area contributed by atoms with Crippen molar-refractivity contribution in [3.63, 3.8) is 0 Å². The highest BCUT2D eigenvalue weighted by Gasteiger charge is 2.33. The Hall–Kier alpha value is 0.260. The zero-order chi connectivity index (χ0) is 12.4. The van der Waals surface area contributed by atoms with Crippen LogP contribution in [0.4, 0.5) is 0 Å².